The lowest BCUT2D eigenvalue weighted by molar-refractivity contribution is -0.132. The monoisotopic (exact) mass is 304 g/mol. The molecule has 1 aromatic rings. The van der Waals surface area contributed by atoms with E-state index in [9.17, 15) is 9.18 Å². The highest BCUT2D eigenvalue weighted by Crippen LogP contribution is 2.31. The van der Waals surface area contributed by atoms with Gasteiger partial charge in [-0.25, -0.2) is 4.39 Å². The van der Waals surface area contributed by atoms with Crippen molar-refractivity contribution in [3.8, 4) is 0 Å². The van der Waals surface area contributed by atoms with Gasteiger partial charge in [0.2, 0.25) is 5.91 Å². The Bertz CT molecular complexity index is 522. The van der Waals surface area contributed by atoms with Gasteiger partial charge in [0, 0.05) is 26.1 Å². The minimum Gasteiger partial charge on any atom is -0.345 e. The summed E-state index contributed by atoms with van der Waals surface area (Å²) in [5.74, 6) is 1.10. The Balaban J connectivity index is 1.43. The number of benzene rings is 1. The first-order valence-corrected chi connectivity index (χ1v) is 8.33. The van der Waals surface area contributed by atoms with Crippen LogP contribution in [0, 0.1) is 17.7 Å². The SMILES string of the molecule is CN(CC1CCN(Cc2cccc(F)c2)CC1)C(=O)C1CC1. The van der Waals surface area contributed by atoms with Crippen molar-refractivity contribution in [3.63, 3.8) is 0 Å². The zero-order valence-corrected chi connectivity index (χ0v) is 13.3. The summed E-state index contributed by atoms with van der Waals surface area (Å²) in [5, 5.41) is 0. The molecule has 4 heteroatoms. The van der Waals surface area contributed by atoms with Crippen molar-refractivity contribution in [2.45, 2.75) is 32.2 Å². The fraction of sp³-hybridized carbons (Fsp3) is 0.611. The Morgan fingerprint density at radius 2 is 2.00 bits per heavy atom. The molecule has 0 unspecified atom stereocenters. The molecule has 120 valence electrons. The van der Waals surface area contributed by atoms with Gasteiger partial charge in [0.1, 0.15) is 5.82 Å². The summed E-state index contributed by atoms with van der Waals surface area (Å²) in [5.41, 5.74) is 1.04. The van der Waals surface area contributed by atoms with Crippen molar-refractivity contribution in [3.05, 3.63) is 35.6 Å². The molecular weight excluding hydrogens is 279 g/mol. The van der Waals surface area contributed by atoms with Crippen LogP contribution in [0.1, 0.15) is 31.2 Å². The summed E-state index contributed by atoms with van der Waals surface area (Å²) >= 11 is 0. The second kappa shape index (κ2) is 6.78. The number of halogens is 1. The number of hydrogen-bond acceptors (Lipinski definition) is 2. The van der Waals surface area contributed by atoms with Gasteiger partial charge in [0.15, 0.2) is 0 Å². The number of carbonyl (C=O) groups excluding carboxylic acids is 1. The highest BCUT2D eigenvalue weighted by molar-refractivity contribution is 5.80. The maximum atomic E-state index is 13.2. The summed E-state index contributed by atoms with van der Waals surface area (Å²) in [6.45, 7) is 3.78. The third-order valence-electron chi connectivity index (χ3n) is 4.84. The van der Waals surface area contributed by atoms with E-state index in [1.54, 1.807) is 12.1 Å². The standard InChI is InChI=1S/C18H25FN2O/c1-20(18(22)16-5-6-16)12-14-7-9-21(10-8-14)13-15-3-2-4-17(19)11-15/h2-4,11,14,16H,5-10,12-13H2,1H3. The van der Waals surface area contributed by atoms with Crippen LogP contribution in [0.2, 0.25) is 0 Å². The number of nitrogens with zero attached hydrogens (tertiary/aromatic N) is 2. The molecule has 3 nitrogen and oxygen atoms in total. The second-order valence-electron chi connectivity index (χ2n) is 6.84. The maximum absolute atomic E-state index is 13.2. The predicted molar refractivity (Wildman–Crippen MR) is 84.8 cm³/mol. The Hall–Kier alpha value is -1.42. The lowest BCUT2D eigenvalue weighted by Gasteiger charge is -2.34. The zero-order chi connectivity index (χ0) is 15.5. The molecule has 0 aromatic heterocycles. The van der Waals surface area contributed by atoms with Crippen molar-refractivity contribution in [2.24, 2.45) is 11.8 Å². The van der Waals surface area contributed by atoms with E-state index in [2.05, 4.69) is 4.90 Å². The van der Waals surface area contributed by atoms with Crippen molar-refractivity contribution >= 4 is 5.91 Å². The van der Waals surface area contributed by atoms with Gasteiger partial charge in [-0.1, -0.05) is 12.1 Å². The van der Waals surface area contributed by atoms with E-state index < -0.39 is 0 Å². The highest BCUT2D eigenvalue weighted by Gasteiger charge is 2.33. The summed E-state index contributed by atoms with van der Waals surface area (Å²) < 4.78 is 13.2. The molecule has 0 spiro atoms. The van der Waals surface area contributed by atoms with Gasteiger partial charge in [-0.3, -0.25) is 9.69 Å². The van der Waals surface area contributed by atoms with Gasteiger partial charge in [0.25, 0.3) is 0 Å². The Kier molecular flexibility index (Phi) is 4.77. The van der Waals surface area contributed by atoms with Gasteiger partial charge >= 0.3 is 0 Å². The third kappa shape index (κ3) is 4.07. The fourth-order valence-corrected chi connectivity index (χ4v) is 3.34. The first-order valence-electron chi connectivity index (χ1n) is 8.33. The molecule has 0 radical (unpaired) electrons. The average Bonchev–Trinajstić information content (AvgIpc) is 3.33. The molecule has 1 saturated carbocycles. The van der Waals surface area contributed by atoms with E-state index >= 15 is 0 Å². The quantitative estimate of drug-likeness (QED) is 0.835. The first-order chi connectivity index (χ1) is 10.6. The van der Waals surface area contributed by atoms with Gasteiger partial charge in [-0.05, 0) is 62.4 Å². The summed E-state index contributed by atoms with van der Waals surface area (Å²) in [6.07, 6.45) is 4.40. The van der Waals surface area contributed by atoms with E-state index in [-0.39, 0.29) is 5.82 Å². The molecule has 1 aliphatic carbocycles. The van der Waals surface area contributed by atoms with Crippen LogP contribution in [0.4, 0.5) is 4.39 Å². The molecule has 3 rings (SSSR count). The van der Waals surface area contributed by atoms with Crippen LogP contribution in [0.5, 0.6) is 0 Å². The normalized spacial score (nSPS) is 20.1. The lowest BCUT2D eigenvalue weighted by atomic mass is 9.95. The number of hydrogen-bond donors (Lipinski definition) is 0. The molecule has 1 saturated heterocycles. The first kappa shape index (κ1) is 15.5. The minimum atomic E-state index is -0.160. The molecule has 0 atom stereocenters. The average molecular weight is 304 g/mol. The van der Waals surface area contributed by atoms with E-state index in [0.717, 1.165) is 57.4 Å². The van der Waals surface area contributed by atoms with Crippen molar-refractivity contribution in [1.29, 1.82) is 0 Å². The van der Waals surface area contributed by atoms with Crippen LogP contribution in [0.3, 0.4) is 0 Å². The predicted octanol–water partition coefficient (Wildman–Crippen LogP) is 2.91. The summed E-state index contributed by atoms with van der Waals surface area (Å²) in [4.78, 5) is 16.3. The van der Waals surface area contributed by atoms with Crippen molar-refractivity contribution < 1.29 is 9.18 Å². The number of carbonyl (C=O) groups is 1. The van der Waals surface area contributed by atoms with E-state index in [1.165, 1.54) is 6.07 Å². The maximum Gasteiger partial charge on any atom is 0.225 e. The largest absolute Gasteiger partial charge is 0.345 e. The Morgan fingerprint density at radius 3 is 2.64 bits per heavy atom. The summed E-state index contributed by atoms with van der Waals surface area (Å²) in [7, 11) is 1.94. The van der Waals surface area contributed by atoms with E-state index in [0.29, 0.717) is 17.7 Å². The van der Waals surface area contributed by atoms with E-state index in [4.69, 9.17) is 0 Å². The Labute approximate surface area is 132 Å². The van der Waals surface area contributed by atoms with Crippen LogP contribution in [0.25, 0.3) is 0 Å². The molecule has 2 fully saturated rings. The van der Waals surface area contributed by atoms with Crippen molar-refractivity contribution in [2.75, 3.05) is 26.7 Å². The van der Waals surface area contributed by atoms with Crippen LogP contribution in [0.15, 0.2) is 24.3 Å². The number of likely N-dealkylation sites (tertiary alicyclic amines) is 1. The fourth-order valence-electron chi connectivity index (χ4n) is 3.34. The van der Waals surface area contributed by atoms with Gasteiger partial charge in [-0.15, -0.1) is 0 Å². The number of piperidine rings is 1. The van der Waals surface area contributed by atoms with Crippen LogP contribution >= 0.6 is 0 Å². The topological polar surface area (TPSA) is 23.6 Å². The Morgan fingerprint density at radius 1 is 1.27 bits per heavy atom. The van der Waals surface area contributed by atoms with Crippen LogP contribution in [-0.2, 0) is 11.3 Å². The van der Waals surface area contributed by atoms with Gasteiger partial charge in [0.05, 0.1) is 0 Å². The van der Waals surface area contributed by atoms with Gasteiger partial charge in [-0.2, -0.15) is 0 Å². The molecule has 1 aliphatic heterocycles. The third-order valence-corrected chi connectivity index (χ3v) is 4.84. The number of rotatable bonds is 5. The lowest BCUT2D eigenvalue weighted by Crippen LogP contribution is -2.39. The molecule has 0 bridgehead atoms. The molecular formula is C18H25FN2O. The molecule has 2 aliphatic rings. The minimum absolute atomic E-state index is 0.160. The zero-order valence-electron chi connectivity index (χ0n) is 13.3. The van der Waals surface area contributed by atoms with Crippen LogP contribution < -0.4 is 0 Å². The highest BCUT2D eigenvalue weighted by atomic mass is 19.1. The molecule has 1 aromatic carbocycles. The smallest absolute Gasteiger partial charge is 0.225 e. The van der Waals surface area contributed by atoms with Gasteiger partial charge < -0.3 is 4.90 Å². The summed E-state index contributed by atoms with van der Waals surface area (Å²) in [6, 6.07) is 6.86. The molecule has 22 heavy (non-hydrogen) atoms. The van der Waals surface area contributed by atoms with Crippen molar-refractivity contribution in [1.82, 2.24) is 9.80 Å². The number of amides is 1. The van der Waals surface area contributed by atoms with E-state index in [1.807, 2.05) is 18.0 Å². The molecule has 0 N–H and O–H groups in total. The molecule has 1 amide bonds. The van der Waals surface area contributed by atoms with Crippen LogP contribution in [-0.4, -0.2) is 42.4 Å². The molecule has 1 heterocycles. The second-order valence-corrected chi connectivity index (χ2v) is 6.84.